The summed E-state index contributed by atoms with van der Waals surface area (Å²) in [6.45, 7) is 0. The van der Waals surface area contributed by atoms with Crippen LogP contribution in [0.3, 0.4) is 0 Å². The summed E-state index contributed by atoms with van der Waals surface area (Å²) in [4.78, 5) is 3.96. The molecule has 2 aromatic heterocycles. The van der Waals surface area contributed by atoms with E-state index in [1.807, 2.05) is 6.20 Å². The van der Waals surface area contributed by atoms with Crippen molar-refractivity contribution in [2.75, 3.05) is 0 Å². The summed E-state index contributed by atoms with van der Waals surface area (Å²) in [5, 5.41) is 0. The lowest BCUT2D eigenvalue weighted by Crippen LogP contribution is -1.88. The third-order valence-electron chi connectivity index (χ3n) is 1.44. The Morgan fingerprint density at radius 1 is 1.50 bits per heavy atom. The molecule has 0 fully saturated rings. The van der Waals surface area contributed by atoms with Crippen molar-refractivity contribution >= 4 is 44.2 Å². The number of hydrogen-bond acceptors (Lipinski definition) is 1. The van der Waals surface area contributed by atoms with Gasteiger partial charge in [-0.15, -0.1) is 0 Å². The number of hydrogen-bond donors (Lipinski definition) is 0. The van der Waals surface area contributed by atoms with Gasteiger partial charge in [-0.2, -0.15) is 0 Å². The monoisotopic (exact) mass is 340 g/mol. The lowest BCUT2D eigenvalue weighted by atomic mass is 10.4. The van der Waals surface area contributed by atoms with Gasteiger partial charge in [-0.1, -0.05) is 0 Å². The molecule has 2 rings (SSSR count). The van der Waals surface area contributed by atoms with Gasteiger partial charge in [0.2, 0.25) is 0 Å². The topological polar surface area (TPSA) is 17.3 Å². The summed E-state index contributed by atoms with van der Waals surface area (Å²) in [5.74, 6) is -0.299. The Morgan fingerprint density at radius 2 is 2.25 bits per heavy atom. The summed E-state index contributed by atoms with van der Waals surface area (Å²) >= 11 is 5.24. The third-order valence-corrected chi connectivity index (χ3v) is 2.42. The van der Waals surface area contributed by atoms with E-state index in [-0.39, 0.29) is 5.82 Å². The van der Waals surface area contributed by atoms with Crippen LogP contribution in [0.25, 0.3) is 5.65 Å². The molecule has 0 amide bonds. The maximum atomic E-state index is 13.2. The highest BCUT2D eigenvalue weighted by Crippen LogP contribution is 2.16. The highest BCUT2D eigenvalue weighted by molar-refractivity contribution is 14.1. The maximum Gasteiger partial charge on any atom is 0.174 e. The van der Waals surface area contributed by atoms with Crippen molar-refractivity contribution in [3.8, 4) is 0 Å². The van der Waals surface area contributed by atoms with Crippen LogP contribution in [0.2, 0.25) is 0 Å². The number of imidazole rings is 1. The molecule has 0 radical (unpaired) electrons. The predicted molar refractivity (Wildman–Crippen MR) is 55.6 cm³/mol. The zero-order valence-corrected chi connectivity index (χ0v) is 9.50. The molecule has 0 bridgehead atoms. The van der Waals surface area contributed by atoms with Crippen LogP contribution in [0.4, 0.5) is 4.39 Å². The highest BCUT2D eigenvalue weighted by Gasteiger charge is 2.05. The molecule has 12 heavy (non-hydrogen) atoms. The molecule has 2 nitrogen and oxygen atoms in total. The zero-order chi connectivity index (χ0) is 8.72. The lowest BCUT2D eigenvalue weighted by Gasteiger charge is -1.94. The Balaban J connectivity index is 2.88. The van der Waals surface area contributed by atoms with E-state index in [2.05, 4.69) is 43.5 Å². The van der Waals surface area contributed by atoms with E-state index in [1.165, 1.54) is 6.07 Å². The molecule has 0 spiro atoms. The summed E-state index contributed by atoms with van der Waals surface area (Å²) in [6.07, 6.45) is 3.54. The normalized spacial score (nSPS) is 10.9. The molecule has 2 heterocycles. The van der Waals surface area contributed by atoms with Crippen molar-refractivity contribution in [1.29, 1.82) is 0 Å². The average molecular weight is 341 g/mol. The van der Waals surface area contributed by atoms with Crippen LogP contribution in [0.15, 0.2) is 23.1 Å². The summed E-state index contributed by atoms with van der Waals surface area (Å²) < 4.78 is 16.3. The summed E-state index contributed by atoms with van der Waals surface area (Å²) in [6, 6.07) is 1.45. The second-order valence-electron chi connectivity index (χ2n) is 2.30. The van der Waals surface area contributed by atoms with Gasteiger partial charge in [0, 0.05) is 16.0 Å². The minimum Gasteiger partial charge on any atom is -0.302 e. The Labute approximate surface area is 90.1 Å². The zero-order valence-electron chi connectivity index (χ0n) is 5.76. The first kappa shape index (κ1) is 8.43. The number of fused-ring (bicyclic) bond motifs is 1. The minimum atomic E-state index is -0.299. The SMILES string of the molecule is Fc1cc(I)cn2cc(Br)nc12. The van der Waals surface area contributed by atoms with Gasteiger partial charge in [0.25, 0.3) is 0 Å². The fourth-order valence-corrected chi connectivity index (χ4v) is 1.96. The highest BCUT2D eigenvalue weighted by atomic mass is 127. The average Bonchev–Trinajstić information content (AvgIpc) is 2.29. The minimum absolute atomic E-state index is 0.299. The number of halogens is 3. The number of rotatable bonds is 0. The molecule has 0 unspecified atom stereocenters. The Hall–Kier alpha value is -0.170. The van der Waals surface area contributed by atoms with Gasteiger partial charge in [0.1, 0.15) is 4.60 Å². The van der Waals surface area contributed by atoms with Crippen molar-refractivity contribution in [1.82, 2.24) is 9.38 Å². The molecule has 0 saturated heterocycles. The van der Waals surface area contributed by atoms with Crippen molar-refractivity contribution in [2.24, 2.45) is 0 Å². The van der Waals surface area contributed by atoms with Crippen molar-refractivity contribution in [3.63, 3.8) is 0 Å². The van der Waals surface area contributed by atoms with E-state index < -0.39 is 0 Å². The summed E-state index contributed by atoms with van der Waals surface area (Å²) in [5.41, 5.74) is 0.349. The largest absolute Gasteiger partial charge is 0.302 e. The molecule has 5 heteroatoms. The molecule has 0 aliphatic carbocycles. The van der Waals surface area contributed by atoms with Gasteiger partial charge < -0.3 is 4.40 Å². The fourth-order valence-electron chi connectivity index (χ4n) is 0.995. The van der Waals surface area contributed by atoms with Gasteiger partial charge in [-0.25, -0.2) is 9.37 Å². The Kier molecular flexibility index (Phi) is 2.07. The van der Waals surface area contributed by atoms with Gasteiger partial charge >= 0.3 is 0 Å². The Morgan fingerprint density at radius 3 is 3.00 bits per heavy atom. The van der Waals surface area contributed by atoms with Crippen molar-refractivity contribution < 1.29 is 4.39 Å². The maximum absolute atomic E-state index is 13.2. The van der Waals surface area contributed by atoms with Crippen molar-refractivity contribution in [3.05, 3.63) is 32.5 Å². The molecular formula is C7H3BrFIN2. The van der Waals surface area contributed by atoms with E-state index in [4.69, 9.17) is 0 Å². The quantitative estimate of drug-likeness (QED) is 0.674. The molecule has 0 saturated carbocycles. The van der Waals surface area contributed by atoms with Gasteiger partial charge in [0.15, 0.2) is 11.5 Å². The van der Waals surface area contributed by atoms with Crippen LogP contribution < -0.4 is 0 Å². The van der Waals surface area contributed by atoms with Crippen LogP contribution in [-0.4, -0.2) is 9.38 Å². The van der Waals surface area contributed by atoms with Gasteiger partial charge in [-0.05, 0) is 44.6 Å². The molecule has 0 aliphatic heterocycles. The van der Waals surface area contributed by atoms with E-state index in [0.29, 0.717) is 10.3 Å². The third kappa shape index (κ3) is 1.35. The molecule has 0 aliphatic rings. The molecule has 0 atom stereocenters. The standard InChI is InChI=1S/C7H3BrFIN2/c8-6-3-12-2-4(10)1-5(9)7(12)11-6/h1-3H. The van der Waals surface area contributed by atoms with Crippen LogP contribution in [0, 0.1) is 9.39 Å². The van der Waals surface area contributed by atoms with Gasteiger partial charge in [-0.3, -0.25) is 0 Å². The number of nitrogens with zero attached hydrogens (tertiary/aromatic N) is 2. The number of pyridine rings is 1. The Bertz CT molecular complexity index is 440. The molecule has 0 aromatic carbocycles. The second-order valence-corrected chi connectivity index (χ2v) is 4.36. The van der Waals surface area contributed by atoms with E-state index >= 15 is 0 Å². The lowest BCUT2D eigenvalue weighted by molar-refractivity contribution is 0.628. The first-order chi connectivity index (χ1) is 5.66. The second kappa shape index (κ2) is 2.95. The smallest absolute Gasteiger partial charge is 0.174 e. The molecule has 2 aromatic rings. The van der Waals surface area contributed by atoms with E-state index in [1.54, 1.807) is 10.6 Å². The first-order valence-corrected chi connectivity index (χ1v) is 5.03. The summed E-state index contributed by atoms with van der Waals surface area (Å²) in [7, 11) is 0. The van der Waals surface area contributed by atoms with E-state index in [9.17, 15) is 4.39 Å². The van der Waals surface area contributed by atoms with Crippen molar-refractivity contribution in [2.45, 2.75) is 0 Å². The molecular weight excluding hydrogens is 338 g/mol. The molecule has 62 valence electrons. The fraction of sp³-hybridized carbons (Fsp3) is 0. The van der Waals surface area contributed by atoms with Crippen LogP contribution in [0.1, 0.15) is 0 Å². The van der Waals surface area contributed by atoms with Crippen LogP contribution >= 0.6 is 38.5 Å². The number of aromatic nitrogens is 2. The molecule has 0 N–H and O–H groups in total. The van der Waals surface area contributed by atoms with E-state index in [0.717, 1.165) is 3.57 Å². The predicted octanol–water partition coefficient (Wildman–Crippen LogP) is 2.84. The van der Waals surface area contributed by atoms with Gasteiger partial charge in [0.05, 0.1) is 0 Å². The van der Waals surface area contributed by atoms with Crippen LogP contribution in [-0.2, 0) is 0 Å². The van der Waals surface area contributed by atoms with Crippen LogP contribution in [0.5, 0.6) is 0 Å². The first-order valence-electron chi connectivity index (χ1n) is 3.16.